The molecule has 0 saturated heterocycles. The van der Waals surface area contributed by atoms with Gasteiger partial charge >= 0.3 is 0 Å². The highest BCUT2D eigenvalue weighted by Gasteiger charge is 2.19. The number of hydrogen-bond acceptors (Lipinski definition) is 6. The molecule has 0 aromatic heterocycles. The van der Waals surface area contributed by atoms with Crippen LogP contribution in [-0.2, 0) is 16.6 Å². The van der Waals surface area contributed by atoms with Gasteiger partial charge in [-0.25, -0.2) is 8.42 Å². The first kappa shape index (κ1) is 25.4. The number of fused-ring (bicyclic) bond motifs is 1. The predicted octanol–water partition coefficient (Wildman–Crippen LogP) is 4.31. The van der Waals surface area contributed by atoms with Crippen molar-refractivity contribution in [2.75, 3.05) is 30.4 Å². The quantitative estimate of drug-likeness (QED) is 0.461. The van der Waals surface area contributed by atoms with E-state index < -0.39 is 10.0 Å². The zero-order valence-electron chi connectivity index (χ0n) is 20.6. The third kappa shape index (κ3) is 6.09. The van der Waals surface area contributed by atoms with Crippen LogP contribution >= 0.6 is 0 Å². The van der Waals surface area contributed by atoms with Gasteiger partial charge in [0.25, 0.3) is 5.91 Å². The van der Waals surface area contributed by atoms with E-state index in [4.69, 9.17) is 14.2 Å². The van der Waals surface area contributed by atoms with Crippen molar-refractivity contribution in [2.45, 2.75) is 26.4 Å². The van der Waals surface area contributed by atoms with E-state index in [1.54, 1.807) is 48.5 Å². The molecule has 190 valence electrons. The molecular weight excluding hydrogens is 480 g/mol. The van der Waals surface area contributed by atoms with E-state index >= 15 is 0 Å². The van der Waals surface area contributed by atoms with Crippen molar-refractivity contribution in [1.82, 2.24) is 5.32 Å². The summed E-state index contributed by atoms with van der Waals surface area (Å²) in [4.78, 5) is 12.8. The van der Waals surface area contributed by atoms with Crippen LogP contribution in [-0.4, -0.2) is 40.4 Å². The van der Waals surface area contributed by atoms with Gasteiger partial charge in [-0.2, -0.15) is 0 Å². The van der Waals surface area contributed by atoms with Crippen LogP contribution in [0.5, 0.6) is 17.2 Å². The second-order valence-electron chi connectivity index (χ2n) is 8.49. The van der Waals surface area contributed by atoms with Crippen LogP contribution in [0.3, 0.4) is 0 Å². The maximum atomic E-state index is 12.8. The van der Waals surface area contributed by atoms with Crippen LogP contribution in [0.25, 0.3) is 0 Å². The number of benzene rings is 3. The van der Waals surface area contributed by atoms with Gasteiger partial charge in [-0.05, 0) is 73.5 Å². The number of nitrogens with one attached hydrogen (secondary N) is 1. The van der Waals surface area contributed by atoms with E-state index in [-0.39, 0.29) is 18.5 Å². The highest BCUT2D eigenvalue weighted by Crippen LogP contribution is 2.32. The Bertz CT molecular complexity index is 1310. The van der Waals surface area contributed by atoms with Gasteiger partial charge in [0.1, 0.15) is 19.0 Å². The number of carbonyl (C=O) groups excluding carboxylic acids is 1. The largest absolute Gasteiger partial charge is 0.494 e. The average Bonchev–Trinajstić information content (AvgIpc) is 2.87. The molecule has 0 bridgehead atoms. The molecular formula is C27H30N2O6S. The Morgan fingerprint density at radius 3 is 2.31 bits per heavy atom. The molecule has 1 N–H and O–H groups in total. The van der Waals surface area contributed by atoms with Crippen molar-refractivity contribution in [3.8, 4) is 17.2 Å². The summed E-state index contributed by atoms with van der Waals surface area (Å²) >= 11 is 0. The molecule has 0 radical (unpaired) electrons. The van der Waals surface area contributed by atoms with E-state index in [1.165, 1.54) is 10.6 Å². The molecule has 1 aliphatic rings. The fourth-order valence-electron chi connectivity index (χ4n) is 3.90. The Kier molecular flexibility index (Phi) is 7.69. The molecule has 1 amide bonds. The molecule has 0 unspecified atom stereocenters. The summed E-state index contributed by atoms with van der Waals surface area (Å²) in [6.07, 6.45) is 1.17. The summed E-state index contributed by atoms with van der Waals surface area (Å²) in [6, 6.07) is 19.2. The smallest absolute Gasteiger partial charge is 0.251 e. The third-order valence-corrected chi connectivity index (χ3v) is 6.93. The first-order chi connectivity index (χ1) is 17.2. The van der Waals surface area contributed by atoms with Gasteiger partial charge in [0.05, 0.1) is 31.1 Å². The van der Waals surface area contributed by atoms with E-state index in [9.17, 15) is 13.2 Å². The summed E-state index contributed by atoms with van der Waals surface area (Å²) in [5, 5.41) is 2.99. The van der Waals surface area contributed by atoms with Crippen molar-refractivity contribution in [3.05, 3.63) is 83.4 Å². The van der Waals surface area contributed by atoms with Crippen LogP contribution in [0.15, 0.2) is 66.7 Å². The molecule has 9 heteroatoms. The Morgan fingerprint density at radius 2 is 1.67 bits per heavy atom. The number of ether oxygens (including phenoxy) is 3. The average molecular weight is 511 g/mol. The molecule has 8 nitrogen and oxygen atoms in total. The first-order valence-electron chi connectivity index (χ1n) is 11.7. The lowest BCUT2D eigenvalue weighted by atomic mass is 10.1. The molecule has 0 fully saturated rings. The highest BCUT2D eigenvalue weighted by molar-refractivity contribution is 7.92. The van der Waals surface area contributed by atoms with E-state index in [0.717, 1.165) is 11.1 Å². The van der Waals surface area contributed by atoms with Crippen LogP contribution < -0.4 is 23.8 Å². The SMILES string of the molecule is CCOc1ccc(N(Cc2ccc(C(=O)N[C@@H](C)c3ccc4c(c3)OCCO4)cc2)S(C)(=O)=O)cc1. The topological polar surface area (TPSA) is 94.2 Å². The Hall–Kier alpha value is -3.72. The lowest BCUT2D eigenvalue weighted by Crippen LogP contribution is -2.29. The van der Waals surface area contributed by atoms with E-state index in [2.05, 4.69) is 5.32 Å². The summed E-state index contributed by atoms with van der Waals surface area (Å²) in [5.74, 6) is 1.82. The lowest BCUT2D eigenvalue weighted by Gasteiger charge is -2.23. The number of hydrogen-bond donors (Lipinski definition) is 1. The highest BCUT2D eigenvalue weighted by atomic mass is 32.2. The van der Waals surface area contributed by atoms with Crippen LogP contribution in [0.1, 0.15) is 41.4 Å². The minimum absolute atomic E-state index is 0.141. The summed E-state index contributed by atoms with van der Waals surface area (Å²) in [6.45, 7) is 5.49. The number of rotatable bonds is 9. The van der Waals surface area contributed by atoms with Crippen molar-refractivity contribution in [2.24, 2.45) is 0 Å². The number of sulfonamides is 1. The molecule has 1 heterocycles. The minimum Gasteiger partial charge on any atom is -0.494 e. The second-order valence-corrected chi connectivity index (χ2v) is 10.4. The van der Waals surface area contributed by atoms with Crippen molar-refractivity contribution in [3.63, 3.8) is 0 Å². The Balaban J connectivity index is 1.43. The van der Waals surface area contributed by atoms with Gasteiger partial charge in [-0.15, -0.1) is 0 Å². The molecule has 1 atom stereocenters. The second kappa shape index (κ2) is 10.9. The molecule has 36 heavy (non-hydrogen) atoms. The fourth-order valence-corrected chi connectivity index (χ4v) is 4.78. The molecule has 4 rings (SSSR count). The third-order valence-electron chi connectivity index (χ3n) is 5.79. The molecule has 1 aliphatic heterocycles. The van der Waals surface area contributed by atoms with Crippen LogP contribution in [0, 0.1) is 0 Å². The first-order valence-corrected chi connectivity index (χ1v) is 13.6. The van der Waals surface area contributed by atoms with Crippen molar-refractivity contribution < 1.29 is 27.4 Å². The fraction of sp³-hybridized carbons (Fsp3) is 0.296. The van der Waals surface area contributed by atoms with Gasteiger partial charge in [0, 0.05) is 5.56 Å². The van der Waals surface area contributed by atoms with Crippen molar-refractivity contribution >= 4 is 21.6 Å². The number of carbonyl (C=O) groups is 1. The summed E-state index contributed by atoms with van der Waals surface area (Å²) in [5.41, 5.74) is 2.68. The van der Waals surface area contributed by atoms with Gasteiger partial charge in [0.2, 0.25) is 10.0 Å². The number of anilines is 1. The van der Waals surface area contributed by atoms with E-state index in [0.29, 0.717) is 48.3 Å². The minimum atomic E-state index is -3.53. The Labute approximate surface area is 211 Å². The molecule has 0 saturated carbocycles. The maximum Gasteiger partial charge on any atom is 0.251 e. The Morgan fingerprint density at radius 1 is 1.00 bits per heavy atom. The van der Waals surface area contributed by atoms with Gasteiger partial charge in [0.15, 0.2) is 11.5 Å². The molecule has 0 aliphatic carbocycles. The van der Waals surface area contributed by atoms with Crippen molar-refractivity contribution in [1.29, 1.82) is 0 Å². The summed E-state index contributed by atoms with van der Waals surface area (Å²) in [7, 11) is -3.53. The monoisotopic (exact) mass is 510 g/mol. The lowest BCUT2D eigenvalue weighted by molar-refractivity contribution is 0.0939. The standard InChI is InChI=1S/C27H30N2O6S/c1-4-33-24-12-10-23(11-13-24)29(36(3,31)32)18-20-5-7-21(8-6-20)27(30)28-19(2)22-9-14-25-26(17-22)35-16-15-34-25/h5-14,17,19H,4,15-16,18H2,1-3H3,(H,28,30)/t19-/m0/s1. The molecule has 0 spiro atoms. The normalized spacial score (nSPS) is 13.5. The molecule has 3 aromatic carbocycles. The van der Waals surface area contributed by atoms with E-state index in [1.807, 2.05) is 32.0 Å². The predicted molar refractivity (Wildman–Crippen MR) is 138 cm³/mol. The zero-order chi connectivity index (χ0) is 25.7. The molecule has 3 aromatic rings. The van der Waals surface area contributed by atoms with Gasteiger partial charge in [-0.1, -0.05) is 18.2 Å². The van der Waals surface area contributed by atoms with Gasteiger partial charge in [-0.3, -0.25) is 9.10 Å². The van der Waals surface area contributed by atoms with Gasteiger partial charge < -0.3 is 19.5 Å². The van der Waals surface area contributed by atoms with Crippen LogP contribution in [0.2, 0.25) is 0 Å². The number of nitrogens with zero attached hydrogens (tertiary/aromatic N) is 1. The van der Waals surface area contributed by atoms with Crippen LogP contribution in [0.4, 0.5) is 5.69 Å². The zero-order valence-corrected chi connectivity index (χ0v) is 21.4. The summed E-state index contributed by atoms with van der Waals surface area (Å²) < 4.78 is 42.9. The number of amides is 1. The maximum absolute atomic E-state index is 12.8.